The fourth-order valence-electron chi connectivity index (χ4n) is 1.99. The predicted molar refractivity (Wildman–Crippen MR) is 92.4 cm³/mol. The van der Waals surface area contributed by atoms with Crippen LogP contribution in [0.3, 0.4) is 0 Å². The summed E-state index contributed by atoms with van der Waals surface area (Å²) in [5, 5.41) is 2.68. The van der Waals surface area contributed by atoms with Crippen molar-refractivity contribution in [2.75, 3.05) is 0 Å². The third-order valence-corrected chi connectivity index (χ3v) is 4.05. The Labute approximate surface area is 145 Å². The molecule has 2 aromatic carbocycles. The second kappa shape index (κ2) is 7.56. The number of amides is 2. The molecule has 0 unspecified atom stereocenters. The van der Waals surface area contributed by atoms with E-state index in [9.17, 15) is 9.59 Å². The third-order valence-electron chi connectivity index (χ3n) is 3.06. The summed E-state index contributed by atoms with van der Waals surface area (Å²) >= 11 is 6.69. The number of primary amides is 1. The van der Waals surface area contributed by atoms with Gasteiger partial charge in [0.05, 0.1) is 0 Å². The standard InChI is InChI=1S/C16H14Br2N2O2/c17-12-5-1-3-10(7-12)8-14(15(19)21)20-16(22)11-4-2-6-13(18)9-11/h1-7,9,14H,8H2,(H2,19,21)(H,20,22)/t14-/m1/s1. The quantitative estimate of drug-likeness (QED) is 0.772. The first-order valence-electron chi connectivity index (χ1n) is 6.56. The van der Waals surface area contributed by atoms with E-state index in [1.807, 2.05) is 30.3 Å². The highest BCUT2D eigenvalue weighted by Gasteiger charge is 2.19. The average Bonchev–Trinajstić information content (AvgIpc) is 2.46. The van der Waals surface area contributed by atoms with Crippen molar-refractivity contribution >= 4 is 43.7 Å². The van der Waals surface area contributed by atoms with Crippen molar-refractivity contribution in [1.29, 1.82) is 0 Å². The summed E-state index contributed by atoms with van der Waals surface area (Å²) in [5.41, 5.74) is 6.78. The van der Waals surface area contributed by atoms with E-state index in [0.29, 0.717) is 12.0 Å². The second-order valence-electron chi connectivity index (χ2n) is 4.77. The molecule has 0 bridgehead atoms. The van der Waals surface area contributed by atoms with Crippen LogP contribution in [0.1, 0.15) is 15.9 Å². The van der Waals surface area contributed by atoms with Gasteiger partial charge in [0, 0.05) is 20.9 Å². The zero-order valence-electron chi connectivity index (χ0n) is 11.6. The molecule has 0 heterocycles. The highest BCUT2D eigenvalue weighted by molar-refractivity contribution is 9.10. The summed E-state index contributed by atoms with van der Waals surface area (Å²) < 4.78 is 1.70. The normalized spacial score (nSPS) is 11.7. The number of carbonyl (C=O) groups is 2. The van der Waals surface area contributed by atoms with Crippen molar-refractivity contribution < 1.29 is 9.59 Å². The number of nitrogens with one attached hydrogen (secondary N) is 1. The van der Waals surface area contributed by atoms with Gasteiger partial charge in [-0.15, -0.1) is 0 Å². The number of halogens is 2. The lowest BCUT2D eigenvalue weighted by molar-refractivity contribution is -0.119. The number of hydrogen-bond donors (Lipinski definition) is 2. The van der Waals surface area contributed by atoms with Crippen LogP contribution in [0.25, 0.3) is 0 Å². The summed E-state index contributed by atoms with van der Waals surface area (Å²) in [7, 11) is 0. The van der Waals surface area contributed by atoms with Gasteiger partial charge in [-0.3, -0.25) is 9.59 Å². The largest absolute Gasteiger partial charge is 0.368 e. The van der Waals surface area contributed by atoms with Crippen LogP contribution in [0.2, 0.25) is 0 Å². The van der Waals surface area contributed by atoms with Crippen molar-refractivity contribution in [2.24, 2.45) is 5.73 Å². The average molecular weight is 426 g/mol. The molecular formula is C16H14Br2N2O2. The smallest absolute Gasteiger partial charge is 0.251 e. The van der Waals surface area contributed by atoms with Crippen molar-refractivity contribution in [1.82, 2.24) is 5.32 Å². The zero-order valence-corrected chi connectivity index (χ0v) is 14.7. The molecule has 2 amide bonds. The molecule has 0 spiro atoms. The molecule has 114 valence electrons. The highest BCUT2D eigenvalue weighted by atomic mass is 79.9. The van der Waals surface area contributed by atoms with Crippen LogP contribution in [0.15, 0.2) is 57.5 Å². The molecule has 1 atom stereocenters. The maximum Gasteiger partial charge on any atom is 0.251 e. The first-order valence-corrected chi connectivity index (χ1v) is 8.14. The van der Waals surface area contributed by atoms with Crippen molar-refractivity contribution in [3.05, 3.63) is 68.6 Å². The van der Waals surface area contributed by atoms with Crippen molar-refractivity contribution in [2.45, 2.75) is 12.5 Å². The molecule has 0 aliphatic rings. The molecule has 0 aliphatic heterocycles. The van der Waals surface area contributed by atoms with E-state index < -0.39 is 11.9 Å². The fraction of sp³-hybridized carbons (Fsp3) is 0.125. The molecule has 0 aromatic heterocycles. The molecule has 0 saturated heterocycles. The molecular weight excluding hydrogens is 412 g/mol. The molecule has 4 nitrogen and oxygen atoms in total. The monoisotopic (exact) mass is 424 g/mol. The van der Waals surface area contributed by atoms with Gasteiger partial charge in [0.1, 0.15) is 6.04 Å². The van der Waals surface area contributed by atoms with Crippen LogP contribution < -0.4 is 11.1 Å². The van der Waals surface area contributed by atoms with Gasteiger partial charge in [-0.05, 0) is 35.9 Å². The van der Waals surface area contributed by atoms with Gasteiger partial charge < -0.3 is 11.1 Å². The van der Waals surface area contributed by atoms with E-state index in [1.165, 1.54) is 0 Å². The molecule has 0 radical (unpaired) electrons. The van der Waals surface area contributed by atoms with Gasteiger partial charge in [-0.25, -0.2) is 0 Å². The topological polar surface area (TPSA) is 72.2 Å². The molecule has 0 aliphatic carbocycles. The van der Waals surface area contributed by atoms with Crippen LogP contribution >= 0.6 is 31.9 Å². The first kappa shape index (κ1) is 16.7. The lowest BCUT2D eigenvalue weighted by atomic mass is 10.0. The Morgan fingerprint density at radius 3 is 2.27 bits per heavy atom. The second-order valence-corrected chi connectivity index (χ2v) is 6.60. The maximum absolute atomic E-state index is 12.2. The Bertz CT molecular complexity index is 704. The lowest BCUT2D eigenvalue weighted by Crippen LogP contribution is -2.45. The number of rotatable bonds is 5. The molecule has 2 aromatic rings. The summed E-state index contributed by atoms with van der Waals surface area (Å²) in [6.07, 6.45) is 0.342. The minimum atomic E-state index is -0.763. The van der Waals surface area contributed by atoms with Crippen LogP contribution in [0.5, 0.6) is 0 Å². The van der Waals surface area contributed by atoms with E-state index >= 15 is 0 Å². The van der Waals surface area contributed by atoms with E-state index in [-0.39, 0.29) is 5.91 Å². The van der Waals surface area contributed by atoms with E-state index in [1.54, 1.807) is 18.2 Å². The summed E-state index contributed by atoms with van der Waals surface area (Å²) in [5.74, 6) is -0.900. The van der Waals surface area contributed by atoms with Gasteiger partial charge in [-0.1, -0.05) is 50.1 Å². The summed E-state index contributed by atoms with van der Waals surface area (Å²) in [6, 6.07) is 13.7. The molecule has 0 saturated carbocycles. The van der Waals surface area contributed by atoms with Crippen molar-refractivity contribution in [3.8, 4) is 0 Å². The first-order chi connectivity index (χ1) is 10.5. The van der Waals surface area contributed by atoms with Crippen LogP contribution in [0, 0.1) is 0 Å². The van der Waals surface area contributed by atoms with Crippen LogP contribution in [-0.2, 0) is 11.2 Å². The summed E-state index contributed by atoms with van der Waals surface area (Å²) in [6.45, 7) is 0. The molecule has 22 heavy (non-hydrogen) atoms. The SMILES string of the molecule is NC(=O)[C@@H](Cc1cccc(Br)c1)NC(=O)c1cccc(Br)c1. The Balaban J connectivity index is 2.12. The highest BCUT2D eigenvalue weighted by Crippen LogP contribution is 2.14. The number of carbonyl (C=O) groups excluding carboxylic acids is 2. The minimum absolute atomic E-state index is 0.333. The van der Waals surface area contributed by atoms with Gasteiger partial charge >= 0.3 is 0 Å². The zero-order chi connectivity index (χ0) is 16.1. The Hall–Kier alpha value is -1.66. The minimum Gasteiger partial charge on any atom is -0.368 e. The predicted octanol–water partition coefficient (Wildman–Crippen LogP) is 3.04. The molecule has 3 N–H and O–H groups in total. The maximum atomic E-state index is 12.2. The van der Waals surface area contributed by atoms with Crippen LogP contribution in [-0.4, -0.2) is 17.9 Å². The van der Waals surface area contributed by atoms with Gasteiger partial charge in [0.25, 0.3) is 5.91 Å². The number of benzene rings is 2. The van der Waals surface area contributed by atoms with E-state index in [4.69, 9.17) is 5.73 Å². The summed E-state index contributed by atoms with van der Waals surface area (Å²) in [4.78, 5) is 23.8. The van der Waals surface area contributed by atoms with E-state index in [0.717, 1.165) is 14.5 Å². The van der Waals surface area contributed by atoms with Gasteiger partial charge in [0.15, 0.2) is 0 Å². The third kappa shape index (κ3) is 4.68. The van der Waals surface area contributed by atoms with Crippen LogP contribution in [0.4, 0.5) is 0 Å². The van der Waals surface area contributed by atoms with Gasteiger partial charge in [-0.2, -0.15) is 0 Å². The van der Waals surface area contributed by atoms with Gasteiger partial charge in [0.2, 0.25) is 5.91 Å². The number of hydrogen-bond acceptors (Lipinski definition) is 2. The van der Waals surface area contributed by atoms with Crippen molar-refractivity contribution in [3.63, 3.8) is 0 Å². The Morgan fingerprint density at radius 2 is 1.68 bits per heavy atom. The Kier molecular flexibility index (Phi) is 5.74. The molecule has 0 fully saturated rings. The lowest BCUT2D eigenvalue weighted by Gasteiger charge is -2.16. The fourth-order valence-corrected chi connectivity index (χ4v) is 2.84. The number of nitrogens with two attached hydrogens (primary N) is 1. The Morgan fingerprint density at radius 1 is 1.05 bits per heavy atom. The molecule has 2 rings (SSSR count). The molecule has 6 heteroatoms. The van der Waals surface area contributed by atoms with E-state index in [2.05, 4.69) is 37.2 Å².